The smallest absolute Gasteiger partial charge is 0.315 e. The number of benzene rings is 1. The molecule has 1 atom stereocenters. The van der Waals surface area contributed by atoms with Crippen molar-refractivity contribution in [3.63, 3.8) is 0 Å². The first-order valence-electron chi connectivity index (χ1n) is 8.87. The molecule has 0 spiro atoms. The number of anilines is 1. The van der Waals surface area contributed by atoms with Gasteiger partial charge >= 0.3 is 12.0 Å². The minimum atomic E-state index is -0.874. The van der Waals surface area contributed by atoms with Crippen molar-refractivity contribution >= 4 is 17.8 Å². The molecule has 0 bridgehead atoms. The summed E-state index contributed by atoms with van der Waals surface area (Å²) in [7, 11) is 3.79. The van der Waals surface area contributed by atoms with Crippen molar-refractivity contribution in [1.29, 1.82) is 0 Å². The van der Waals surface area contributed by atoms with Crippen LogP contribution in [0.1, 0.15) is 24.0 Å². The van der Waals surface area contributed by atoms with Crippen molar-refractivity contribution in [2.45, 2.75) is 31.8 Å². The number of urea groups is 1. The predicted octanol–water partition coefficient (Wildman–Crippen LogP) is 2.42. The second-order valence-corrected chi connectivity index (χ2v) is 6.53. The van der Waals surface area contributed by atoms with E-state index < -0.39 is 5.97 Å². The van der Waals surface area contributed by atoms with Gasteiger partial charge in [0, 0.05) is 44.9 Å². The zero-order valence-electron chi connectivity index (χ0n) is 15.7. The topological polar surface area (TPSA) is 94.6 Å². The highest BCUT2D eigenvalue weighted by Crippen LogP contribution is 2.14. The van der Waals surface area contributed by atoms with Gasteiger partial charge in [-0.1, -0.05) is 36.4 Å². The standard InChI is InChI=1S/C20H26N4O3/c1-24(2)19-16(9-6-12-21-19)14-22-20(27)23-17(10-11-18(25)26)13-15-7-4-3-5-8-15/h3-9,12,17H,10-11,13-14H2,1-2H3,(H,25,26)(H2,22,23,27). The third-order valence-corrected chi connectivity index (χ3v) is 4.10. The lowest BCUT2D eigenvalue weighted by Gasteiger charge is -2.20. The fourth-order valence-electron chi connectivity index (χ4n) is 2.80. The molecule has 0 saturated heterocycles. The molecular weight excluding hydrogens is 344 g/mol. The molecule has 0 saturated carbocycles. The Morgan fingerprint density at radius 2 is 1.89 bits per heavy atom. The molecule has 2 aromatic rings. The molecule has 0 aliphatic heterocycles. The van der Waals surface area contributed by atoms with Crippen LogP contribution >= 0.6 is 0 Å². The molecule has 1 aromatic carbocycles. The Hall–Kier alpha value is -3.09. The number of aromatic nitrogens is 1. The van der Waals surface area contributed by atoms with Crippen molar-refractivity contribution in [1.82, 2.24) is 15.6 Å². The van der Waals surface area contributed by atoms with Gasteiger partial charge in [0.2, 0.25) is 0 Å². The van der Waals surface area contributed by atoms with Crippen molar-refractivity contribution in [2.75, 3.05) is 19.0 Å². The average molecular weight is 370 g/mol. The van der Waals surface area contributed by atoms with E-state index in [0.29, 0.717) is 19.4 Å². The monoisotopic (exact) mass is 370 g/mol. The van der Waals surface area contributed by atoms with Gasteiger partial charge in [0.15, 0.2) is 0 Å². The Kier molecular flexibility index (Phi) is 7.61. The molecule has 3 N–H and O–H groups in total. The van der Waals surface area contributed by atoms with Crippen LogP contribution in [0, 0.1) is 0 Å². The Morgan fingerprint density at radius 3 is 2.56 bits per heavy atom. The quantitative estimate of drug-likeness (QED) is 0.630. The van der Waals surface area contributed by atoms with E-state index in [2.05, 4.69) is 15.6 Å². The van der Waals surface area contributed by atoms with Gasteiger partial charge < -0.3 is 20.6 Å². The molecule has 1 heterocycles. The molecule has 0 radical (unpaired) electrons. The number of aliphatic carboxylic acids is 1. The van der Waals surface area contributed by atoms with Crippen molar-refractivity contribution in [3.05, 3.63) is 59.8 Å². The molecular formula is C20H26N4O3. The number of hydrogen-bond donors (Lipinski definition) is 3. The zero-order chi connectivity index (χ0) is 19.6. The molecule has 27 heavy (non-hydrogen) atoms. The van der Waals surface area contributed by atoms with Gasteiger partial charge in [-0.05, 0) is 24.5 Å². The maximum Gasteiger partial charge on any atom is 0.315 e. The first-order chi connectivity index (χ1) is 13.0. The van der Waals surface area contributed by atoms with Gasteiger partial charge in [0.1, 0.15) is 5.82 Å². The van der Waals surface area contributed by atoms with Crippen LogP contribution in [-0.4, -0.2) is 42.2 Å². The van der Waals surface area contributed by atoms with Crippen LogP contribution < -0.4 is 15.5 Å². The van der Waals surface area contributed by atoms with Crippen LogP contribution in [0.2, 0.25) is 0 Å². The van der Waals surface area contributed by atoms with Gasteiger partial charge in [-0.15, -0.1) is 0 Å². The molecule has 2 rings (SSSR count). The summed E-state index contributed by atoms with van der Waals surface area (Å²) in [6, 6.07) is 12.9. The number of hydrogen-bond acceptors (Lipinski definition) is 4. The molecule has 7 heteroatoms. The van der Waals surface area contributed by atoms with E-state index in [1.807, 2.05) is 61.5 Å². The maximum absolute atomic E-state index is 12.3. The van der Waals surface area contributed by atoms with Gasteiger partial charge in [-0.25, -0.2) is 9.78 Å². The number of amides is 2. The number of carbonyl (C=O) groups excluding carboxylic acids is 1. The summed E-state index contributed by atoms with van der Waals surface area (Å²) < 4.78 is 0. The van der Waals surface area contributed by atoms with E-state index in [-0.39, 0.29) is 18.5 Å². The molecule has 0 aliphatic rings. The molecule has 0 aliphatic carbocycles. The molecule has 0 fully saturated rings. The Labute approximate surface area is 159 Å². The lowest BCUT2D eigenvalue weighted by Crippen LogP contribution is -2.43. The Bertz CT molecular complexity index is 750. The van der Waals surface area contributed by atoms with E-state index in [9.17, 15) is 9.59 Å². The van der Waals surface area contributed by atoms with Crippen LogP contribution in [0.15, 0.2) is 48.7 Å². The zero-order valence-corrected chi connectivity index (χ0v) is 15.7. The fourth-order valence-corrected chi connectivity index (χ4v) is 2.80. The lowest BCUT2D eigenvalue weighted by molar-refractivity contribution is -0.137. The summed E-state index contributed by atoms with van der Waals surface area (Å²) in [5, 5.41) is 14.7. The second-order valence-electron chi connectivity index (χ2n) is 6.53. The molecule has 1 aromatic heterocycles. The van der Waals surface area contributed by atoms with E-state index >= 15 is 0 Å². The van der Waals surface area contributed by atoms with Crippen LogP contribution in [0.5, 0.6) is 0 Å². The number of carbonyl (C=O) groups is 2. The van der Waals surface area contributed by atoms with Crippen LogP contribution in [0.4, 0.5) is 10.6 Å². The Morgan fingerprint density at radius 1 is 1.15 bits per heavy atom. The SMILES string of the molecule is CN(C)c1ncccc1CNC(=O)NC(CCC(=O)O)Cc1ccccc1. The highest BCUT2D eigenvalue weighted by atomic mass is 16.4. The lowest BCUT2D eigenvalue weighted by atomic mass is 10.0. The molecule has 2 amide bonds. The third-order valence-electron chi connectivity index (χ3n) is 4.10. The largest absolute Gasteiger partial charge is 0.481 e. The predicted molar refractivity (Wildman–Crippen MR) is 105 cm³/mol. The summed E-state index contributed by atoms with van der Waals surface area (Å²) in [5.41, 5.74) is 1.96. The summed E-state index contributed by atoms with van der Waals surface area (Å²) in [6.07, 6.45) is 2.66. The van der Waals surface area contributed by atoms with Gasteiger partial charge in [0.05, 0.1) is 0 Å². The average Bonchev–Trinajstić information content (AvgIpc) is 2.65. The fraction of sp³-hybridized carbons (Fsp3) is 0.350. The third kappa shape index (κ3) is 6.97. The summed E-state index contributed by atoms with van der Waals surface area (Å²) >= 11 is 0. The Balaban J connectivity index is 1.95. The van der Waals surface area contributed by atoms with E-state index in [0.717, 1.165) is 16.9 Å². The summed E-state index contributed by atoms with van der Waals surface area (Å²) in [5.74, 6) is -0.0780. The number of carboxylic acid groups (broad SMARTS) is 1. The number of nitrogens with one attached hydrogen (secondary N) is 2. The highest BCUT2D eigenvalue weighted by molar-refractivity contribution is 5.74. The minimum Gasteiger partial charge on any atom is -0.481 e. The number of rotatable bonds is 9. The van der Waals surface area contributed by atoms with Crippen LogP contribution in [0.3, 0.4) is 0 Å². The van der Waals surface area contributed by atoms with Crippen molar-refractivity contribution in [3.8, 4) is 0 Å². The first kappa shape index (κ1) is 20.2. The van der Waals surface area contributed by atoms with Crippen molar-refractivity contribution in [2.24, 2.45) is 0 Å². The van der Waals surface area contributed by atoms with Gasteiger partial charge in [-0.2, -0.15) is 0 Å². The molecule has 144 valence electrons. The second kappa shape index (κ2) is 10.2. The molecule has 1 unspecified atom stereocenters. The van der Waals surface area contributed by atoms with Gasteiger partial charge in [0.25, 0.3) is 0 Å². The van der Waals surface area contributed by atoms with Crippen molar-refractivity contribution < 1.29 is 14.7 Å². The van der Waals surface area contributed by atoms with Crippen LogP contribution in [-0.2, 0) is 17.8 Å². The maximum atomic E-state index is 12.3. The number of nitrogens with zero attached hydrogens (tertiary/aromatic N) is 2. The van der Waals surface area contributed by atoms with Crippen LogP contribution in [0.25, 0.3) is 0 Å². The van der Waals surface area contributed by atoms with E-state index in [4.69, 9.17) is 5.11 Å². The molecule has 7 nitrogen and oxygen atoms in total. The number of carboxylic acids is 1. The normalized spacial score (nSPS) is 11.5. The number of pyridine rings is 1. The highest BCUT2D eigenvalue weighted by Gasteiger charge is 2.15. The van der Waals surface area contributed by atoms with E-state index in [1.54, 1.807) is 6.20 Å². The summed E-state index contributed by atoms with van der Waals surface area (Å²) in [6.45, 7) is 0.337. The minimum absolute atomic E-state index is 0.00512. The van der Waals surface area contributed by atoms with Gasteiger partial charge in [-0.3, -0.25) is 4.79 Å². The first-order valence-corrected chi connectivity index (χ1v) is 8.87. The van der Waals surface area contributed by atoms with E-state index in [1.165, 1.54) is 0 Å². The summed E-state index contributed by atoms with van der Waals surface area (Å²) in [4.78, 5) is 29.5.